The SMILES string of the molecule is NCCOCCCc1ccc(S(=O)(=O)NCc2ccc(C(=O)Nc3cccnc3)cc2)cc1. The van der Waals surface area contributed by atoms with E-state index >= 15 is 0 Å². The van der Waals surface area contributed by atoms with Crippen LogP contribution >= 0.6 is 0 Å². The second kappa shape index (κ2) is 12.2. The molecule has 4 N–H and O–H groups in total. The predicted octanol–water partition coefficient (Wildman–Crippen LogP) is 2.72. The molecular weight excluding hydrogens is 440 g/mol. The Balaban J connectivity index is 1.50. The number of hydrogen-bond donors (Lipinski definition) is 3. The van der Waals surface area contributed by atoms with E-state index < -0.39 is 10.0 Å². The summed E-state index contributed by atoms with van der Waals surface area (Å²) >= 11 is 0. The molecule has 0 bridgehead atoms. The maximum atomic E-state index is 12.6. The second-order valence-corrected chi connectivity index (χ2v) is 9.13. The molecule has 9 heteroatoms. The zero-order valence-electron chi connectivity index (χ0n) is 18.2. The van der Waals surface area contributed by atoms with Gasteiger partial charge in [0.2, 0.25) is 10.0 Å². The molecule has 0 saturated carbocycles. The molecule has 0 spiro atoms. The minimum absolute atomic E-state index is 0.118. The van der Waals surface area contributed by atoms with E-state index in [0.29, 0.717) is 31.0 Å². The Bertz CT molecular complexity index is 1120. The number of pyridine rings is 1. The van der Waals surface area contributed by atoms with Crippen molar-refractivity contribution in [2.75, 3.05) is 25.1 Å². The van der Waals surface area contributed by atoms with Crippen molar-refractivity contribution < 1.29 is 17.9 Å². The number of benzene rings is 2. The number of sulfonamides is 1. The van der Waals surface area contributed by atoms with Crippen LogP contribution in [0.4, 0.5) is 5.69 Å². The van der Waals surface area contributed by atoms with Gasteiger partial charge in [-0.15, -0.1) is 0 Å². The molecule has 1 heterocycles. The van der Waals surface area contributed by atoms with Crippen LogP contribution in [-0.2, 0) is 27.7 Å². The topological polar surface area (TPSA) is 123 Å². The van der Waals surface area contributed by atoms with Crippen molar-refractivity contribution in [2.24, 2.45) is 5.73 Å². The zero-order valence-corrected chi connectivity index (χ0v) is 19.1. The Morgan fingerprint density at radius 3 is 2.36 bits per heavy atom. The molecule has 0 saturated heterocycles. The van der Waals surface area contributed by atoms with Crippen molar-refractivity contribution in [3.05, 3.63) is 89.7 Å². The quantitative estimate of drug-likeness (QED) is 0.351. The molecule has 1 amide bonds. The molecule has 8 nitrogen and oxygen atoms in total. The summed E-state index contributed by atoms with van der Waals surface area (Å²) in [6, 6.07) is 17.1. The van der Waals surface area contributed by atoms with Crippen LogP contribution in [0, 0.1) is 0 Å². The first-order valence-electron chi connectivity index (χ1n) is 10.6. The van der Waals surface area contributed by atoms with Gasteiger partial charge in [0.25, 0.3) is 5.91 Å². The first-order chi connectivity index (χ1) is 16.0. The number of aryl methyl sites for hydroxylation is 1. The molecule has 0 radical (unpaired) electrons. The summed E-state index contributed by atoms with van der Waals surface area (Å²) in [6.07, 6.45) is 4.84. The summed E-state index contributed by atoms with van der Waals surface area (Å²) in [4.78, 5) is 16.5. The fraction of sp³-hybridized carbons (Fsp3) is 0.250. The smallest absolute Gasteiger partial charge is 0.255 e. The number of nitrogens with two attached hydrogens (primary N) is 1. The number of aromatic nitrogens is 1. The lowest BCUT2D eigenvalue weighted by Crippen LogP contribution is -2.23. The van der Waals surface area contributed by atoms with E-state index in [4.69, 9.17) is 10.5 Å². The van der Waals surface area contributed by atoms with Gasteiger partial charge in [-0.05, 0) is 60.4 Å². The van der Waals surface area contributed by atoms with Crippen molar-refractivity contribution in [3.63, 3.8) is 0 Å². The Labute approximate surface area is 194 Å². The summed E-state index contributed by atoms with van der Waals surface area (Å²) in [5, 5.41) is 2.76. The van der Waals surface area contributed by atoms with Gasteiger partial charge in [-0.1, -0.05) is 24.3 Å². The van der Waals surface area contributed by atoms with E-state index in [9.17, 15) is 13.2 Å². The maximum Gasteiger partial charge on any atom is 0.255 e. The summed E-state index contributed by atoms with van der Waals surface area (Å²) in [5.74, 6) is -0.263. The van der Waals surface area contributed by atoms with Gasteiger partial charge in [0.1, 0.15) is 0 Å². The third kappa shape index (κ3) is 7.76. The van der Waals surface area contributed by atoms with Crippen LogP contribution in [0.3, 0.4) is 0 Å². The van der Waals surface area contributed by atoms with Gasteiger partial charge < -0.3 is 15.8 Å². The normalized spacial score (nSPS) is 11.3. The van der Waals surface area contributed by atoms with Crippen LogP contribution in [0.25, 0.3) is 0 Å². The highest BCUT2D eigenvalue weighted by atomic mass is 32.2. The van der Waals surface area contributed by atoms with Crippen molar-refractivity contribution in [2.45, 2.75) is 24.3 Å². The fourth-order valence-electron chi connectivity index (χ4n) is 3.07. The van der Waals surface area contributed by atoms with Gasteiger partial charge in [-0.2, -0.15) is 0 Å². The molecule has 0 aliphatic carbocycles. The van der Waals surface area contributed by atoms with Crippen LogP contribution in [-0.4, -0.2) is 39.1 Å². The minimum Gasteiger partial charge on any atom is -0.380 e. The third-order valence-corrected chi connectivity index (χ3v) is 6.27. The summed E-state index contributed by atoms with van der Waals surface area (Å²) < 4.78 is 33.2. The monoisotopic (exact) mass is 468 g/mol. The molecule has 0 aliphatic heterocycles. The van der Waals surface area contributed by atoms with Gasteiger partial charge in [0, 0.05) is 31.5 Å². The lowest BCUT2D eigenvalue weighted by molar-refractivity contribution is 0.102. The van der Waals surface area contributed by atoms with Crippen molar-refractivity contribution in [3.8, 4) is 0 Å². The number of anilines is 1. The van der Waals surface area contributed by atoms with Crippen LogP contribution in [0.1, 0.15) is 27.9 Å². The molecule has 3 aromatic rings. The van der Waals surface area contributed by atoms with E-state index in [1.165, 1.54) is 0 Å². The number of carbonyl (C=O) groups is 1. The van der Waals surface area contributed by atoms with Gasteiger partial charge >= 0.3 is 0 Å². The van der Waals surface area contributed by atoms with Crippen LogP contribution in [0.2, 0.25) is 0 Å². The van der Waals surface area contributed by atoms with Gasteiger partial charge in [-0.3, -0.25) is 9.78 Å². The Hall–Kier alpha value is -3.11. The zero-order chi connectivity index (χ0) is 23.5. The minimum atomic E-state index is -3.65. The Morgan fingerprint density at radius 1 is 0.970 bits per heavy atom. The molecule has 0 atom stereocenters. The first kappa shape index (κ1) is 24.5. The number of nitrogens with one attached hydrogen (secondary N) is 2. The number of amides is 1. The summed E-state index contributed by atoms with van der Waals surface area (Å²) in [5.41, 5.74) is 8.24. The Kier molecular flexibility index (Phi) is 9.08. The molecule has 0 fully saturated rings. The number of ether oxygens (including phenoxy) is 1. The molecular formula is C24H28N4O4S. The average Bonchev–Trinajstić information content (AvgIpc) is 2.84. The van der Waals surface area contributed by atoms with Crippen LogP contribution < -0.4 is 15.8 Å². The predicted molar refractivity (Wildman–Crippen MR) is 127 cm³/mol. The molecule has 0 unspecified atom stereocenters. The van der Waals surface area contributed by atoms with Crippen LogP contribution in [0.5, 0.6) is 0 Å². The maximum absolute atomic E-state index is 12.6. The van der Waals surface area contributed by atoms with Gasteiger partial charge in [-0.25, -0.2) is 13.1 Å². The lowest BCUT2D eigenvalue weighted by atomic mass is 10.1. The second-order valence-electron chi connectivity index (χ2n) is 7.37. The van der Waals surface area contributed by atoms with Gasteiger partial charge in [0.05, 0.1) is 23.4 Å². The lowest BCUT2D eigenvalue weighted by Gasteiger charge is -2.09. The largest absolute Gasteiger partial charge is 0.380 e. The van der Waals surface area contributed by atoms with E-state index in [1.807, 2.05) is 12.1 Å². The number of hydrogen-bond acceptors (Lipinski definition) is 6. The third-order valence-electron chi connectivity index (χ3n) is 4.85. The van der Waals surface area contributed by atoms with E-state index in [1.54, 1.807) is 60.9 Å². The fourth-order valence-corrected chi connectivity index (χ4v) is 4.09. The highest BCUT2D eigenvalue weighted by Crippen LogP contribution is 2.14. The van der Waals surface area contributed by atoms with Crippen molar-refractivity contribution in [1.82, 2.24) is 9.71 Å². The van der Waals surface area contributed by atoms with Crippen LogP contribution in [0.15, 0.2) is 78.0 Å². The molecule has 2 aromatic carbocycles. The average molecular weight is 469 g/mol. The number of nitrogens with zero attached hydrogens (tertiary/aromatic N) is 1. The highest BCUT2D eigenvalue weighted by Gasteiger charge is 2.14. The molecule has 1 aromatic heterocycles. The van der Waals surface area contributed by atoms with Crippen molar-refractivity contribution in [1.29, 1.82) is 0 Å². The molecule has 33 heavy (non-hydrogen) atoms. The van der Waals surface area contributed by atoms with E-state index in [-0.39, 0.29) is 17.3 Å². The van der Waals surface area contributed by atoms with E-state index in [2.05, 4.69) is 15.0 Å². The first-order valence-corrected chi connectivity index (χ1v) is 12.1. The molecule has 3 rings (SSSR count). The van der Waals surface area contributed by atoms with Gasteiger partial charge in [0.15, 0.2) is 0 Å². The number of carbonyl (C=O) groups excluding carboxylic acids is 1. The Morgan fingerprint density at radius 2 is 1.70 bits per heavy atom. The molecule has 174 valence electrons. The summed E-state index contributed by atoms with van der Waals surface area (Å²) in [6.45, 7) is 1.80. The van der Waals surface area contributed by atoms with Crippen molar-refractivity contribution >= 4 is 21.6 Å². The summed E-state index contributed by atoms with van der Waals surface area (Å²) in [7, 11) is -3.65. The van der Waals surface area contributed by atoms with E-state index in [0.717, 1.165) is 24.0 Å². The standard InChI is InChI=1S/C24H28N4O4S/c25-13-16-32-15-2-3-19-7-11-23(12-8-19)33(30,31)27-17-20-5-9-21(10-6-20)24(29)28-22-4-1-14-26-18-22/h1,4-12,14,18,27H,2-3,13,15-17,25H2,(H,28,29). The highest BCUT2D eigenvalue weighted by molar-refractivity contribution is 7.89. The molecule has 0 aliphatic rings. The number of rotatable bonds is 12.